The summed E-state index contributed by atoms with van der Waals surface area (Å²) in [6, 6.07) is -1.49. The second kappa shape index (κ2) is 4.60. The number of carbonyl (C=O) groups is 2. The molecule has 1 rings (SSSR count). The van der Waals surface area contributed by atoms with Crippen molar-refractivity contribution in [2.45, 2.75) is 18.4 Å². The van der Waals surface area contributed by atoms with E-state index in [9.17, 15) is 18.4 Å². The van der Waals surface area contributed by atoms with E-state index >= 15 is 0 Å². The van der Waals surface area contributed by atoms with Crippen molar-refractivity contribution in [2.24, 2.45) is 0 Å². The standard InChI is InChI=1S/C8H12F2N2O4/c9-8(10)4-12(6(14)3-13)2-1-5(8)11-7(15)16/h5,11,13H,1-4H2,(H,15,16). The van der Waals surface area contributed by atoms with Crippen LogP contribution in [0.1, 0.15) is 6.42 Å². The number of amides is 2. The smallest absolute Gasteiger partial charge is 0.405 e. The van der Waals surface area contributed by atoms with Gasteiger partial charge in [-0.2, -0.15) is 0 Å². The van der Waals surface area contributed by atoms with Crippen LogP contribution in [0.15, 0.2) is 0 Å². The van der Waals surface area contributed by atoms with E-state index in [1.54, 1.807) is 5.32 Å². The van der Waals surface area contributed by atoms with Crippen molar-refractivity contribution in [1.29, 1.82) is 0 Å². The number of carbonyl (C=O) groups excluding carboxylic acids is 1. The highest BCUT2D eigenvalue weighted by Gasteiger charge is 2.46. The molecule has 1 aliphatic rings. The number of hydrogen-bond acceptors (Lipinski definition) is 3. The normalized spacial score (nSPS) is 23.9. The first-order valence-electron chi connectivity index (χ1n) is 4.62. The topological polar surface area (TPSA) is 89.9 Å². The fourth-order valence-electron chi connectivity index (χ4n) is 1.58. The highest BCUT2D eigenvalue weighted by atomic mass is 19.3. The zero-order valence-electron chi connectivity index (χ0n) is 8.32. The van der Waals surface area contributed by atoms with Crippen LogP contribution in [0, 0.1) is 0 Å². The van der Waals surface area contributed by atoms with Crippen molar-refractivity contribution < 1.29 is 28.6 Å². The monoisotopic (exact) mass is 238 g/mol. The quantitative estimate of drug-likeness (QED) is 0.604. The summed E-state index contributed by atoms with van der Waals surface area (Å²) in [6.07, 6.45) is -1.70. The van der Waals surface area contributed by atoms with E-state index in [0.717, 1.165) is 4.90 Å². The van der Waals surface area contributed by atoms with E-state index in [-0.39, 0.29) is 13.0 Å². The molecule has 1 atom stereocenters. The maximum absolute atomic E-state index is 13.4. The molecule has 8 heteroatoms. The van der Waals surface area contributed by atoms with Gasteiger partial charge in [0.15, 0.2) is 0 Å². The number of likely N-dealkylation sites (tertiary alicyclic amines) is 1. The lowest BCUT2D eigenvalue weighted by Crippen LogP contribution is -2.59. The molecule has 16 heavy (non-hydrogen) atoms. The number of rotatable bonds is 2. The summed E-state index contributed by atoms with van der Waals surface area (Å²) in [5.41, 5.74) is 0. The van der Waals surface area contributed by atoms with Gasteiger partial charge in [-0.15, -0.1) is 0 Å². The van der Waals surface area contributed by atoms with Gasteiger partial charge in [-0.1, -0.05) is 0 Å². The van der Waals surface area contributed by atoms with E-state index < -0.39 is 37.1 Å². The van der Waals surface area contributed by atoms with Gasteiger partial charge in [0.05, 0.1) is 12.6 Å². The fraction of sp³-hybridized carbons (Fsp3) is 0.750. The molecule has 0 saturated carbocycles. The van der Waals surface area contributed by atoms with Crippen molar-refractivity contribution in [3.63, 3.8) is 0 Å². The van der Waals surface area contributed by atoms with Gasteiger partial charge < -0.3 is 20.4 Å². The number of piperidine rings is 1. The van der Waals surface area contributed by atoms with Crippen LogP contribution in [-0.2, 0) is 4.79 Å². The predicted molar refractivity (Wildman–Crippen MR) is 48.2 cm³/mol. The summed E-state index contributed by atoms with van der Waals surface area (Å²) in [7, 11) is 0. The number of aliphatic hydroxyl groups is 1. The third kappa shape index (κ3) is 2.78. The minimum atomic E-state index is -3.32. The molecule has 0 aromatic carbocycles. The molecule has 2 amide bonds. The number of hydrogen-bond donors (Lipinski definition) is 3. The third-order valence-corrected chi connectivity index (χ3v) is 2.38. The molecule has 0 aromatic rings. The molecule has 0 aromatic heterocycles. The summed E-state index contributed by atoms with van der Waals surface area (Å²) in [5.74, 6) is -4.10. The minimum Gasteiger partial charge on any atom is -0.465 e. The van der Waals surface area contributed by atoms with Gasteiger partial charge in [0.1, 0.15) is 6.61 Å². The Balaban J connectivity index is 2.65. The van der Waals surface area contributed by atoms with E-state index in [1.807, 2.05) is 0 Å². The molecule has 1 fully saturated rings. The predicted octanol–water partition coefficient (Wildman–Crippen LogP) is -0.517. The van der Waals surface area contributed by atoms with Crippen LogP contribution in [0.25, 0.3) is 0 Å². The lowest BCUT2D eigenvalue weighted by molar-refractivity contribution is -0.147. The largest absolute Gasteiger partial charge is 0.465 e. The summed E-state index contributed by atoms with van der Waals surface area (Å²) < 4.78 is 26.7. The third-order valence-electron chi connectivity index (χ3n) is 2.38. The van der Waals surface area contributed by atoms with Gasteiger partial charge >= 0.3 is 6.09 Å². The fourth-order valence-corrected chi connectivity index (χ4v) is 1.58. The Bertz CT molecular complexity index is 298. The highest BCUT2D eigenvalue weighted by Crippen LogP contribution is 2.27. The second-order valence-corrected chi connectivity index (χ2v) is 3.53. The summed E-state index contributed by atoms with van der Waals surface area (Å²) in [6.45, 7) is -1.70. The van der Waals surface area contributed by atoms with E-state index in [0.29, 0.717) is 0 Å². The zero-order valence-corrected chi connectivity index (χ0v) is 8.32. The van der Waals surface area contributed by atoms with Crippen molar-refractivity contribution in [3.8, 4) is 0 Å². The number of halogens is 2. The van der Waals surface area contributed by atoms with Crippen LogP contribution in [-0.4, -0.2) is 58.8 Å². The zero-order chi connectivity index (χ0) is 12.3. The van der Waals surface area contributed by atoms with Gasteiger partial charge in [0, 0.05) is 6.54 Å². The van der Waals surface area contributed by atoms with Crippen molar-refractivity contribution >= 4 is 12.0 Å². The molecule has 0 radical (unpaired) electrons. The van der Waals surface area contributed by atoms with Gasteiger partial charge in [-0.3, -0.25) is 4.79 Å². The minimum absolute atomic E-state index is 0.0000694. The maximum Gasteiger partial charge on any atom is 0.405 e. The maximum atomic E-state index is 13.4. The van der Waals surface area contributed by atoms with Crippen LogP contribution in [0.4, 0.5) is 13.6 Å². The SMILES string of the molecule is O=C(O)NC1CCN(C(=O)CO)CC1(F)F. The van der Waals surface area contributed by atoms with E-state index in [4.69, 9.17) is 10.2 Å². The van der Waals surface area contributed by atoms with Crippen molar-refractivity contribution in [2.75, 3.05) is 19.7 Å². The van der Waals surface area contributed by atoms with Gasteiger partial charge in [-0.25, -0.2) is 13.6 Å². The van der Waals surface area contributed by atoms with E-state index in [1.165, 1.54) is 0 Å². The number of carboxylic acid groups (broad SMARTS) is 1. The average molecular weight is 238 g/mol. The first-order chi connectivity index (χ1) is 7.36. The van der Waals surface area contributed by atoms with Crippen LogP contribution >= 0.6 is 0 Å². The molecule has 1 unspecified atom stereocenters. The Kier molecular flexibility index (Phi) is 3.63. The van der Waals surface area contributed by atoms with Crippen LogP contribution in [0.5, 0.6) is 0 Å². The molecule has 0 bridgehead atoms. The van der Waals surface area contributed by atoms with Gasteiger partial charge in [0.25, 0.3) is 5.92 Å². The Hall–Kier alpha value is -1.44. The second-order valence-electron chi connectivity index (χ2n) is 3.53. The molecule has 0 spiro atoms. The first-order valence-corrected chi connectivity index (χ1v) is 4.62. The van der Waals surface area contributed by atoms with E-state index in [2.05, 4.69) is 0 Å². The lowest BCUT2D eigenvalue weighted by Gasteiger charge is -2.37. The molecule has 3 N–H and O–H groups in total. The Labute approximate surface area is 89.8 Å². The Morgan fingerprint density at radius 2 is 2.12 bits per heavy atom. The van der Waals surface area contributed by atoms with Crippen LogP contribution in [0.2, 0.25) is 0 Å². The average Bonchev–Trinajstić information content (AvgIpc) is 2.19. The molecular weight excluding hydrogens is 226 g/mol. The Morgan fingerprint density at radius 1 is 1.50 bits per heavy atom. The molecule has 1 saturated heterocycles. The molecule has 92 valence electrons. The number of aliphatic hydroxyl groups excluding tert-OH is 1. The Morgan fingerprint density at radius 3 is 2.56 bits per heavy atom. The lowest BCUT2D eigenvalue weighted by atomic mass is 10.0. The van der Waals surface area contributed by atoms with Crippen molar-refractivity contribution in [3.05, 3.63) is 0 Å². The number of nitrogens with one attached hydrogen (secondary N) is 1. The summed E-state index contributed by atoms with van der Waals surface area (Å²) in [4.78, 5) is 22.1. The molecule has 6 nitrogen and oxygen atoms in total. The first kappa shape index (κ1) is 12.6. The van der Waals surface area contributed by atoms with Gasteiger partial charge in [0.2, 0.25) is 5.91 Å². The van der Waals surface area contributed by atoms with Crippen LogP contribution in [0.3, 0.4) is 0 Å². The number of alkyl halides is 2. The van der Waals surface area contributed by atoms with Crippen LogP contribution < -0.4 is 5.32 Å². The molecule has 1 heterocycles. The summed E-state index contributed by atoms with van der Waals surface area (Å²) >= 11 is 0. The highest BCUT2D eigenvalue weighted by molar-refractivity contribution is 5.77. The molecular formula is C8H12F2N2O4. The molecule has 1 aliphatic heterocycles. The number of nitrogens with zero attached hydrogens (tertiary/aromatic N) is 1. The summed E-state index contributed by atoms with van der Waals surface area (Å²) in [5, 5.41) is 18.6. The van der Waals surface area contributed by atoms with Gasteiger partial charge in [-0.05, 0) is 6.42 Å². The van der Waals surface area contributed by atoms with Crippen molar-refractivity contribution in [1.82, 2.24) is 10.2 Å². The molecule has 0 aliphatic carbocycles.